The van der Waals surface area contributed by atoms with Gasteiger partial charge in [0, 0.05) is 12.1 Å². The number of hydrogen-bond donors (Lipinski definition) is 1. The van der Waals surface area contributed by atoms with Gasteiger partial charge in [0.15, 0.2) is 0 Å². The molecule has 0 aliphatic carbocycles. The highest BCUT2D eigenvalue weighted by atomic mass is 19.1. The van der Waals surface area contributed by atoms with Gasteiger partial charge in [0.1, 0.15) is 11.9 Å². The summed E-state index contributed by atoms with van der Waals surface area (Å²) in [6.45, 7) is 6.39. The van der Waals surface area contributed by atoms with Gasteiger partial charge < -0.3 is 5.32 Å². The van der Waals surface area contributed by atoms with Crippen molar-refractivity contribution in [3.8, 4) is 6.07 Å². The number of halogens is 1. The standard InChI is InChI=1S/C17H24FN3/c1-12(2)21-8-4-5-14(11-20-3)17(21)13-6-7-16(18)15(9-13)10-19/h6-7,9,12,14,17,20H,4-5,8,11H2,1-3H3. The van der Waals surface area contributed by atoms with E-state index in [1.165, 1.54) is 12.5 Å². The van der Waals surface area contributed by atoms with E-state index in [2.05, 4.69) is 24.1 Å². The van der Waals surface area contributed by atoms with Gasteiger partial charge in [-0.25, -0.2) is 4.39 Å². The van der Waals surface area contributed by atoms with Crippen LogP contribution in [-0.2, 0) is 0 Å². The van der Waals surface area contributed by atoms with Crippen molar-refractivity contribution < 1.29 is 4.39 Å². The van der Waals surface area contributed by atoms with E-state index in [0.717, 1.165) is 25.1 Å². The second-order valence-electron chi connectivity index (χ2n) is 6.09. The van der Waals surface area contributed by atoms with Crippen molar-refractivity contribution in [1.82, 2.24) is 10.2 Å². The summed E-state index contributed by atoms with van der Waals surface area (Å²) in [7, 11) is 1.97. The first kappa shape index (κ1) is 15.9. The van der Waals surface area contributed by atoms with E-state index in [-0.39, 0.29) is 11.6 Å². The van der Waals surface area contributed by atoms with Crippen molar-refractivity contribution >= 4 is 0 Å². The zero-order chi connectivity index (χ0) is 15.4. The molecule has 1 aliphatic heterocycles. The normalized spacial score (nSPS) is 23.2. The van der Waals surface area contributed by atoms with Crippen LogP contribution >= 0.6 is 0 Å². The van der Waals surface area contributed by atoms with Crippen molar-refractivity contribution in [2.24, 2.45) is 5.92 Å². The monoisotopic (exact) mass is 289 g/mol. The second-order valence-corrected chi connectivity index (χ2v) is 6.09. The van der Waals surface area contributed by atoms with Crippen LogP contribution in [0.3, 0.4) is 0 Å². The van der Waals surface area contributed by atoms with Crippen LogP contribution < -0.4 is 5.32 Å². The number of rotatable bonds is 4. The zero-order valence-electron chi connectivity index (χ0n) is 13.1. The maximum absolute atomic E-state index is 13.6. The van der Waals surface area contributed by atoms with Gasteiger partial charge in [0.2, 0.25) is 0 Å². The Morgan fingerprint density at radius 3 is 2.86 bits per heavy atom. The predicted octanol–water partition coefficient (Wildman–Crippen LogP) is 3.08. The molecule has 3 nitrogen and oxygen atoms in total. The first-order valence-electron chi connectivity index (χ1n) is 7.68. The summed E-state index contributed by atoms with van der Waals surface area (Å²) < 4.78 is 13.6. The molecule has 2 atom stereocenters. The molecule has 0 spiro atoms. The van der Waals surface area contributed by atoms with E-state index in [4.69, 9.17) is 5.26 Å². The Kier molecular flexibility index (Phi) is 5.33. The molecule has 0 aromatic heterocycles. The van der Waals surface area contributed by atoms with Gasteiger partial charge in [0.25, 0.3) is 0 Å². The molecule has 1 heterocycles. The number of piperidine rings is 1. The van der Waals surface area contributed by atoms with Crippen molar-refractivity contribution in [3.63, 3.8) is 0 Å². The quantitative estimate of drug-likeness (QED) is 0.926. The van der Waals surface area contributed by atoms with E-state index in [0.29, 0.717) is 12.0 Å². The van der Waals surface area contributed by atoms with E-state index in [9.17, 15) is 4.39 Å². The summed E-state index contributed by atoms with van der Waals surface area (Å²) in [5.41, 5.74) is 1.20. The molecule has 2 rings (SSSR count). The average Bonchev–Trinajstić information content (AvgIpc) is 2.48. The third-order valence-corrected chi connectivity index (χ3v) is 4.38. The Balaban J connectivity index is 2.40. The Morgan fingerprint density at radius 2 is 2.24 bits per heavy atom. The molecule has 21 heavy (non-hydrogen) atoms. The Morgan fingerprint density at radius 1 is 1.48 bits per heavy atom. The van der Waals surface area contributed by atoms with Crippen LogP contribution in [0.25, 0.3) is 0 Å². The minimum absolute atomic E-state index is 0.144. The van der Waals surface area contributed by atoms with Gasteiger partial charge in [-0.15, -0.1) is 0 Å². The minimum Gasteiger partial charge on any atom is -0.319 e. The van der Waals surface area contributed by atoms with E-state index in [1.54, 1.807) is 6.07 Å². The van der Waals surface area contributed by atoms with Crippen LogP contribution in [0.5, 0.6) is 0 Å². The van der Waals surface area contributed by atoms with Crippen LogP contribution in [0.1, 0.15) is 43.9 Å². The lowest BCUT2D eigenvalue weighted by Gasteiger charge is -2.44. The predicted molar refractivity (Wildman–Crippen MR) is 82.3 cm³/mol. The lowest BCUT2D eigenvalue weighted by Crippen LogP contribution is -2.45. The Hall–Kier alpha value is -1.44. The van der Waals surface area contributed by atoms with Crippen molar-refractivity contribution in [3.05, 3.63) is 35.1 Å². The lowest BCUT2D eigenvalue weighted by atomic mass is 9.83. The number of likely N-dealkylation sites (tertiary alicyclic amines) is 1. The molecule has 1 aromatic carbocycles. The van der Waals surface area contributed by atoms with Crippen LogP contribution in [0.15, 0.2) is 18.2 Å². The smallest absolute Gasteiger partial charge is 0.140 e. The number of nitrogens with one attached hydrogen (secondary N) is 1. The van der Waals surface area contributed by atoms with Gasteiger partial charge >= 0.3 is 0 Å². The van der Waals surface area contributed by atoms with E-state index < -0.39 is 5.82 Å². The molecular formula is C17H24FN3. The van der Waals surface area contributed by atoms with Crippen molar-refractivity contribution in [2.75, 3.05) is 20.1 Å². The first-order valence-corrected chi connectivity index (χ1v) is 7.68. The highest BCUT2D eigenvalue weighted by molar-refractivity contribution is 5.36. The van der Waals surface area contributed by atoms with Gasteiger partial charge in [-0.05, 0) is 70.4 Å². The molecule has 1 aromatic rings. The summed E-state index contributed by atoms with van der Waals surface area (Å²) in [6, 6.07) is 7.63. The topological polar surface area (TPSA) is 39.1 Å². The molecule has 1 aliphatic rings. The Labute approximate surface area is 126 Å². The van der Waals surface area contributed by atoms with Gasteiger partial charge in [0.05, 0.1) is 5.56 Å². The van der Waals surface area contributed by atoms with Crippen molar-refractivity contribution in [1.29, 1.82) is 5.26 Å². The largest absolute Gasteiger partial charge is 0.319 e. The number of nitriles is 1. The molecule has 1 fully saturated rings. The average molecular weight is 289 g/mol. The Bertz CT molecular complexity index is 519. The SMILES string of the molecule is CNCC1CCCN(C(C)C)C1c1ccc(F)c(C#N)c1. The van der Waals surface area contributed by atoms with Crippen LogP contribution in [-0.4, -0.2) is 31.1 Å². The maximum Gasteiger partial charge on any atom is 0.140 e. The third kappa shape index (κ3) is 3.42. The number of benzene rings is 1. The van der Waals surface area contributed by atoms with Gasteiger partial charge in [-0.2, -0.15) is 5.26 Å². The van der Waals surface area contributed by atoms with E-state index >= 15 is 0 Å². The molecule has 2 unspecified atom stereocenters. The first-order chi connectivity index (χ1) is 10.1. The molecule has 4 heteroatoms. The van der Waals surface area contributed by atoms with Gasteiger partial charge in [-0.3, -0.25) is 4.90 Å². The number of nitrogens with zero attached hydrogens (tertiary/aromatic N) is 2. The van der Waals surface area contributed by atoms with E-state index in [1.807, 2.05) is 19.2 Å². The highest BCUT2D eigenvalue weighted by Crippen LogP contribution is 2.37. The summed E-state index contributed by atoms with van der Waals surface area (Å²) in [5, 5.41) is 12.3. The summed E-state index contributed by atoms with van der Waals surface area (Å²) in [5.74, 6) is 0.0569. The molecule has 1 N–H and O–H groups in total. The molecule has 1 saturated heterocycles. The fourth-order valence-corrected chi connectivity index (χ4v) is 3.44. The third-order valence-electron chi connectivity index (χ3n) is 4.38. The molecule has 114 valence electrons. The fourth-order valence-electron chi connectivity index (χ4n) is 3.44. The molecule has 0 bridgehead atoms. The summed E-state index contributed by atoms with van der Waals surface area (Å²) in [4.78, 5) is 2.47. The molecule has 0 saturated carbocycles. The second kappa shape index (κ2) is 7.02. The zero-order valence-corrected chi connectivity index (χ0v) is 13.1. The fraction of sp³-hybridized carbons (Fsp3) is 0.588. The summed E-state index contributed by atoms with van der Waals surface area (Å²) >= 11 is 0. The molecule has 0 radical (unpaired) electrons. The molecular weight excluding hydrogens is 265 g/mol. The molecule has 0 amide bonds. The maximum atomic E-state index is 13.6. The summed E-state index contributed by atoms with van der Waals surface area (Å²) in [6.07, 6.45) is 2.35. The number of hydrogen-bond acceptors (Lipinski definition) is 3. The van der Waals surface area contributed by atoms with Crippen LogP contribution in [0, 0.1) is 23.1 Å². The van der Waals surface area contributed by atoms with Crippen LogP contribution in [0.2, 0.25) is 0 Å². The lowest BCUT2D eigenvalue weighted by molar-refractivity contribution is 0.0635. The highest BCUT2D eigenvalue weighted by Gasteiger charge is 2.33. The van der Waals surface area contributed by atoms with Gasteiger partial charge in [-0.1, -0.05) is 6.07 Å². The minimum atomic E-state index is -0.432. The van der Waals surface area contributed by atoms with Crippen LogP contribution in [0.4, 0.5) is 4.39 Å². The van der Waals surface area contributed by atoms with Crippen molar-refractivity contribution in [2.45, 2.75) is 38.8 Å².